The van der Waals surface area contributed by atoms with Gasteiger partial charge >= 0.3 is 5.97 Å². The molecule has 0 saturated heterocycles. The van der Waals surface area contributed by atoms with Crippen LogP contribution in [0.15, 0.2) is 36.4 Å². The van der Waals surface area contributed by atoms with Crippen LogP contribution in [0.3, 0.4) is 0 Å². The molecule has 132 valence electrons. The first-order valence-electron chi connectivity index (χ1n) is 7.45. The number of anilines is 1. The van der Waals surface area contributed by atoms with Crippen LogP contribution in [0.2, 0.25) is 10.0 Å². The van der Waals surface area contributed by atoms with E-state index >= 15 is 0 Å². The van der Waals surface area contributed by atoms with E-state index in [1.54, 1.807) is 30.3 Å². The van der Waals surface area contributed by atoms with Crippen LogP contribution in [-0.2, 0) is 14.3 Å². The third-order valence-corrected chi connectivity index (χ3v) is 3.97. The fourth-order valence-corrected chi connectivity index (χ4v) is 2.27. The molecule has 0 aliphatic carbocycles. The molecule has 0 saturated carbocycles. The van der Waals surface area contributed by atoms with Crippen molar-refractivity contribution in [1.82, 2.24) is 0 Å². The number of hydrogen-bond acceptors (Lipinski definition) is 4. The van der Waals surface area contributed by atoms with Gasteiger partial charge in [0.25, 0.3) is 5.91 Å². The monoisotopic (exact) mass is 381 g/mol. The molecule has 25 heavy (non-hydrogen) atoms. The van der Waals surface area contributed by atoms with E-state index in [2.05, 4.69) is 5.32 Å². The molecule has 0 unspecified atom stereocenters. The zero-order valence-electron chi connectivity index (χ0n) is 13.8. The highest BCUT2D eigenvalue weighted by Crippen LogP contribution is 2.25. The van der Waals surface area contributed by atoms with Crippen molar-refractivity contribution in [2.75, 3.05) is 18.5 Å². The Labute approximate surface area is 155 Å². The Morgan fingerprint density at radius 1 is 1.00 bits per heavy atom. The Bertz CT molecular complexity index is 793. The molecule has 2 aromatic rings. The third-order valence-electron chi connectivity index (χ3n) is 3.25. The van der Waals surface area contributed by atoms with Crippen LogP contribution in [-0.4, -0.2) is 25.1 Å². The number of ether oxygens (including phenoxy) is 2. The first-order valence-corrected chi connectivity index (χ1v) is 8.21. The lowest BCUT2D eigenvalue weighted by molar-refractivity contribution is -0.149. The van der Waals surface area contributed by atoms with Gasteiger partial charge in [0.1, 0.15) is 5.75 Å². The summed E-state index contributed by atoms with van der Waals surface area (Å²) in [7, 11) is 0. The molecule has 0 aliphatic heterocycles. The van der Waals surface area contributed by atoms with E-state index < -0.39 is 18.5 Å². The number of nitrogens with one attached hydrogen (secondary N) is 1. The molecular formula is C18H17Cl2NO4. The second-order valence-electron chi connectivity index (χ2n) is 5.40. The zero-order chi connectivity index (χ0) is 18.4. The number of amides is 1. The molecule has 0 heterocycles. The minimum atomic E-state index is -0.672. The van der Waals surface area contributed by atoms with Crippen molar-refractivity contribution in [3.05, 3.63) is 57.6 Å². The number of esters is 1. The fraction of sp³-hybridized carbons (Fsp3) is 0.222. The highest BCUT2D eigenvalue weighted by atomic mass is 35.5. The third kappa shape index (κ3) is 5.96. The lowest BCUT2D eigenvalue weighted by atomic mass is 10.2. The number of carbonyl (C=O) groups is 2. The molecular weight excluding hydrogens is 365 g/mol. The Balaban J connectivity index is 1.78. The molecule has 0 spiro atoms. The number of rotatable bonds is 6. The van der Waals surface area contributed by atoms with Gasteiger partial charge in [-0.3, -0.25) is 4.79 Å². The molecule has 0 aromatic heterocycles. The molecule has 7 heteroatoms. The first-order chi connectivity index (χ1) is 11.8. The Kier molecular flexibility index (Phi) is 6.67. The highest BCUT2D eigenvalue weighted by molar-refractivity contribution is 6.32. The van der Waals surface area contributed by atoms with Crippen LogP contribution in [0, 0.1) is 13.8 Å². The molecule has 0 radical (unpaired) electrons. The Hall–Kier alpha value is -2.24. The van der Waals surface area contributed by atoms with Crippen molar-refractivity contribution in [2.24, 2.45) is 0 Å². The lowest BCUT2D eigenvalue weighted by Crippen LogP contribution is -2.23. The molecule has 1 N–H and O–H groups in total. The summed E-state index contributed by atoms with van der Waals surface area (Å²) in [6.07, 6.45) is 0. The predicted molar refractivity (Wildman–Crippen MR) is 97.5 cm³/mol. The van der Waals surface area contributed by atoms with Gasteiger partial charge in [-0.05, 0) is 49.2 Å². The number of aryl methyl sites for hydroxylation is 2. The van der Waals surface area contributed by atoms with Crippen molar-refractivity contribution in [3.63, 3.8) is 0 Å². The largest absolute Gasteiger partial charge is 0.480 e. The summed E-state index contributed by atoms with van der Waals surface area (Å²) in [4.78, 5) is 23.5. The summed E-state index contributed by atoms with van der Waals surface area (Å²) in [6.45, 7) is 2.97. The maximum atomic E-state index is 11.8. The van der Waals surface area contributed by atoms with Gasteiger partial charge in [0, 0.05) is 10.7 Å². The molecule has 0 fully saturated rings. The number of hydrogen-bond donors (Lipinski definition) is 1. The van der Waals surface area contributed by atoms with Crippen LogP contribution in [0.5, 0.6) is 5.75 Å². The average Bonchev–Trinajstić information content (AvgIpc) is 2.57. The van der Waals surface area contributed by atoms with E-state index in [0.29, 0.717) is 21.5 Å². The smallest absolute Gasteiger partial charge is 0.344 e. The van der Waals surface area contributed by atoms with Crippen molar-refractivity contribution < 1.29 is 19.1 Å². The molecule has 2 rings (SSSR count). The molecule has 0 aliphatic rings. The van der Waals surface area contributed by atoms with Gasteiger partial charge in [-0.2, -0.15) is 0 Å². The van der Waals surface area contributed by atoms with Crippen LogP contribution >= 0.6 is 23.2 Å². The summed E-state index contributed by atoms with van der Waals surface area (Å²) in [5.41, 5.74) is 2.38. The molecule has 0 atom stereocenters. The topological polar surface area (TPSA) is 64.6 Å². The quantitative estimate of drug-likeness (QED) is 0.762. The number of carbonyl (C=O) groups excluding carboxylic acids is 2. The van der Waals surface area contributed by atoms with E-state index in [1.165, 1.54) is 0 Å². The van der Waals surface area contributed by atoms with Crippen LogP contribution in [0.1, 0.15) is 11.1 Å². The van der Waals surface area contributed by atoms with E-state index in [-0.39, 0.29) is 6.61 Å². The first kappa shape index (κ1) is 19.1. The van der Waals surface area contributed by atoms with Gasteiger partial charge < -0.3 is 14.8 Å². The van der Waals surface area contributed by atoms with E-state index in [9.17, 15) is 9.59 Å². The standard InChI is InChI=1S/C18H17Cl2NO4/c1-11-3-6-14(19)16(7-11)24-10-18(23)25-9-17(22)21-13-5-4-12(2)15(20)8-13/h3-8H,9-10H2,1-2H3,(H,21,22). The number of benzene rings is 2. The second kappa shape index (κ2) is 8.74. The van der Waals surface area contributed by atoms with Gasteiger partial charge in [0.2, 0.25) is 0 Å². The van der Waals surface area contributed by atoms with E-state index in [1.807, 2.05) is 19.9 Å². The summed E-state index contributed by atoms with van der Waals surface area (Å²) >= 11 is 12.0. The van der Waals surface area contributed by atoms with E-state index in [4.69, 9.17) is 32.7 Å². The molecule has 2 aromatic carbocycles. The summed E-state index contributed by atoms with van der Waals surface area (Å²) in [5, 5.41) is 3.53. The molecule has 5 nitrogen and oxygen atoms in total. The minimum Gasteiger partial charge on any atom is -0.480 e. The van der Waals surface area contributed by atoms with Crippen LogP contribution in [0.25, 0.3) is 0 Å². The molecule has 0 bridgehead atoms. The second-order valence-corrected chi connectivity index (χ2v) is 6.21. The SMILES string of the molecule is Cc1ccc(Cl)c(OCC(=O)OCC(=O)Nc2ccc(C)c(Cl)c2)c1. The van der Waals surface area contributed by atoms with Gasteiger partial charge in [-0.15, -0.1) is 0 Å². The number of halogens is 2. The normalized spacial score (nSPS) is 10.2. The predicted octanol–water partition coefficient (Wildman–Crippen LogP) is 4.17. The van der Waals surface area contributed by atoms with Crippen molar-refractivity contribution in [1.29, 1.82) is 0 Å². The summed E-state index contributed by atoms with van der Waals surface area (Å²) in [6, 6.07) is 10.3. The van der Waals surface area contributed by atoms with Crippen molar-refractivity contribution in [3.8, 4) is 5.75 Å². The van der Waals surface area contributed by atoms with Gasteiger partial charge in [0.15, 0.2) is 13.2 Å². The van der Waals surface area contributed by atoms with Crippen molar-refractivity contribution in [2.45, 2.75) is 13.8 Å². The highest BCUT2D eigenvalue weighted by Gasteiger charge is 2.11. The average molecular weight is 382 g/mol. The maximum absolute atomic E-state index is 11.8. The van der Waals surface area contributed by atoms with Crippen LogP contribution in [0.4, 0.5) is 5.69 Å². The van der Waals surface area contributed by atoms with Crippen molar-refractivity contribution >= 4 is 40.8 Å². The fourth-order valence-electron chi connectivity index (χ4n) is 1.91. The van der Waals surface area contributed by atoms with E-state index in [0.717, 1.165) is 11.1 Å². The lowest BCUT2D eigenvalue weighted by Gasteiger charge is -2.10. The van der Waals surface area contributed by atoms with Gasteiger partial charge in [-0.1, -0.05) is 35.3 Å². The minimum absolute atomic E-state index is 0.340. The van der Waals surface area contributed by atoms with Gasteiger partial charge in [-0.25, -0.2) is 4.79 Å². The van der Waals surface area contributed by atoms with Crippen LogP contribution < -0.4 is 10.1 Å². The summed E-state index contributed by atoms with van der Waals surface area (Å²) < 4.78 is 10.2. The van der Waals surface area contributed by atoms with Gasteiger partial charge in [0.05, 0.1) is 5.02 Å². The Morgan fingerprint density at radius 2 is 1.76 bits per heavy atom. The zero-order valence-corrected chi connectivity index (χ0v) is 15.3. The molecule has 1 amide bonds. The Morgan fingerprint density at radius 3 is 2.48 bits per heavy atom. The maximum Gasteiger partial charge on any atom is 0.344 e. The summed E-state index contributed by atoms with van der Waals surface area (Å²) in [5.74, 6) is -0.756.